The van der Waals surface area contributed by atoms with Gasteiger partial charge >= 0.3 is 0 Å². The summed E-state index contributed by atoms with van der Waals surface area (Å²) in [6.07, 6.45) is 2.89. The molecule has 0 atom stereocenters. The molecule has 1 heterocycles. The third-order valence-corrected chi connectivity index (χ3v) is 1.49. The van der Waals surface area contributed by atoms with Crippen LogP contribution in [0.2, 0.25) is 0 Å². The van der Waals surface area contributed by atoms with E-state index in [9.17, 15) is 0 Å². The molecule has 0 unspecified atom stereocenters. The Morgan fingerprint density at radius 1 is 1.60 bits per heavy atom. The molecule has 1 aromatic heterocycles. The van der Waals surface area contributed by atoms with Crippen molar-refractivity contribution in [3.8, 4) is 0 Å². The minimum absolute atomic E-state index is 0.716. The Balaban J connectivity index is 2.15. The number of nitrogens with one attached hydrogen (secondary N) is 2. The monoisotopic (exact) mass is 158 g/mol. The van der Waals surface area contributed by atoms with Crippen LogP contribution in [0.4, 0.5) is 5.82 Å². The van der Waals surface area contributed by atoms with Crippen molar-refractivity contribution >= 4 is 17.4 Å². The van der Waals surface area contributed by atoms with E-state index in [1.807, 2.05) is 18.3 Å². The fraction of sp³-hybridized carbons (Fsp3) is 0.429. The van der Waals surface area contributed by atoms with Crippen molar-refractivity contribution in [3.05, 3.63) is 18.3 Å². The van der Waals surface area contributed by atoms with Gasteiger partial charge in [-0.05, 0) is 18.6 Å². The number of aromatic amines is 1. The molecular formula is C7H11ClN2. The van der Waals surface area contributed by atoms with E-state index in [4.69, 9.17) is 11.6 Å². The van der Waals surface area contributed by atoms with Crippen LogP contribution < -0.4 is 5.32 Å². The highest BCUT2D eigenvalue weighted by Gasteiger charge is 1.87. The fourth-order valence-electron chi connectivity index (χ4n) is 0.730. The number of aromatic nitrogens is 1. The molecule has 1 aromatic rings. The maximum Gasteiger partial charge on any atom is 0.103 e. The van der Waals surface area contributed by atoms with Crippen LogP contribution in [0.15, 0.2) is 18.3 Å². The van der Waals surface area contributed by atoms with E-state index < -0.39 is 0 Å². The summed E-state index contributed by atoms with van der Waals surface area (Å²) in [6, 6.07) is 3.96. The maximum atomic E-state index is 5.49. The van der Waals surface area contributed by atoms with Crippen LogP contribution in [0, 0.1) is 0 Å². The Labute approximate surface area is 65.6 Å². The highest BCUT2D eigenvalue weighted by atomic mass is 35.5. The number of hydrogen-bond donors (Lipinski definition) is 2. The maximum absolute atomic E-state index is 5.49. The molecule has 0 aliphatic rings. The first-order valence-electron chi connectivity index (χ1n) is 3.36. The first-order valence-corrected chi connectivity index (χ1v) is 3.90. The molecular weight excluding hydrogens is 148 g/mol. The molecule has 0 aliphatic heterocycles. The van der Waals surface area contributed by atoms with Crippen molar-refractivity contribution in [1.82, 2.24) is 4.98 Å². The number of halogens is 1. The van der Waals surface area contributed by atoms with Gasteiger partial charge in [-0.3, -0.25) is 0 Å². The Bertz CT molecular complexity index is 160. The third kappa shape index (κ3) is 2.31. The molecule has 0 fully saturated rings. The highest BCUT2D eigenvalue weighted by Crippen LogP contribution is 2.00. The number of H-pyrrole nitrogens is 1. The number of anilines is 1. The number of rotatable bonds is 4. The molecule has 0 amide bonds. The zero-order valence-electron chi connectivity index (χ0n) is 5.73. The van der Waals surface area contributed by atoms with Gasteiger partial charge in [0.1, 0.15) is 5.82 Å². The largest absolute Gasteiger partial charge is 0.372 e. The topological polar surface area (TPSA) is 27.8 Å². The van der Waals surface area contributed by atoms with Crippen molar-refractivity contribution in [2.24, 2.45) is 0 Å². The molecule has 2 nitrogen and oxygen atoms in total. The van der Waals surface area contributed by atoms with Crippen LogP contribution in [0.3, 0.4) is 0 Å². The predicted octanol–water partition coefficient (Wildman–Crippen LogP) is 2.06. The van der Waals surface area contributed by atoms with Gasteiger partial charge in [-0.25, -0.2) is 0 Å². The van der Waals surface area contributed by atoms with Crippen molar-refractivity contribution in [3.63, 3.8) is 0 Å². The standard InChI is InChI=1S/C7H11ClN2/c8-4-2-6-10-7-3-1-5-9-7/h1,3,5,9-10H,2,4,6H2. The Morgan fingerprint density at radius 3 is 3.10 bits per heavy atom. The fourth-order valence-corrected chi connectivity index (χ4v) is 0.864. The van der Waals surface area contributed by atoms with E-state index in [2.05, 4.69) is 10.3 Å². The first-order chi connectivity index (χ1) is 4.93. The molecule has 2 N–H and O–H groups in total. The molecule has 0 radical (unpaired) electrons. The lowest BCUT2D eigenvalue weighted by atomic mass is 10.5. The molecule has 0 spiro atoms. The summed E-state index contributed by atoms with van der Waals surface area (Å²) in [5.74, 6) is 1.78. The van der Waals surface area contributed by atoms with E-state index in [1.165, 1.54) is 0 Å². The summed E-state index contributed by atoms with van der Waals surface area (Å²) in [7, 11) is 0. The molecule has 3 heteroatoms. The molecule has 0 bridgehead atoms. The smallest absolute Gasteiger partial charge is 0.103 e. The Kier molecular flexibility index (Phi) is 3.16. The lowest BCUT2D eigenvalue weighted by Crippen LogP contribution is -2.01. The van der Waals surface area contributed by atoms with E-state index in [0.29, 0.717) is 5.88 Å². The molecule has 1 rings (SSSR count). The van der Waals surface area contributed by atoms with Crippen LogP contribution in [0.5, 0.6) is 0 Å². The van der Waals surface area contributed by atoms with Gasteiger partial charge in [-0.1, -0.05) is 0 Å². The molecule has 10 heavy (non-hydrogen) atoms. The summed E-state index contributed by atoms with van der Waals surface area (Å²) < 4.78 is 0. The second kappa shape index (κ2) is 4.23. The first kappa shape index (κ1) is 7.48. The van der Waals surface area contributed by atoms with Gasteiger partial charge in [-0.2, -0.15) is 0 Å². The van der Waals surface area contributed by atoms with Gasteiger partial charge in [0, 0.05) is 18.6 Å². The SMILES string of the molecule is ClCCCNc1ccc[nH]1. The van der Waals surface area contributed by atoms with Crippen LogP contribution in [-0.4, -0.2) is 17.4 Å². The molecule has 0 aromatic carbocycles. The molecule has 0 saturated heterocycles. The second-order valence-electron chi connectivity index (χ2n) is 2.05. The zero-order valence-corrected chi connectivity index (χ0v) is 6.49. The number of hydrogen-bond acceptors (Lipinski definition) is 1. The van der Waals surface area contributed by atoms with E-state index in [0.717, 1.165) is 18.8 Å². The quantitative estimate of drug-likeness (QED) is 0.510. The van der Waals surface area contributed by atoms with Crippen LogP contribution >= 0.6 is 11.6 Å². The second-order valence-corrected chi connectivity index (χ2v) is 2.43. The van der Waals surface area contributed by atoms with E-state index in [1.54, 1.807) is 0 Å². The summed E-state index contributed by atoms with van der Waals surface area (Å²) in [5.41, 5.74) is 0. The predicted molar refractivity (Wildman–Crippen MR) is 44.6 cm³/mol. The lowest BCUT2D eigenvalue weighted by Gasteiger charge is -1.99. The normalized spacial score (nSPS) is 9.70. The van der Waals surface area contributed by atoms with E-state index in [-0.39, 0.29) is 0 Å². The van der Waals surface area contributed by atoms with Crippen molar-refractivity contribution in [2.45, 2.75) is 6.42 Å². The van der Waals surface area contributed by atoms with Gasteiger partial charge in [0.15, 0.2) is 0 Å². The third-order valence-electron chi connectivity index (χ3n) is 1.22. The highest BCUT2D eigenvalue weighted by molar-refractivity contribution is 6.17. The van der Waals surface area contributed by atoms with Gasteiger partial charge in [0.05, 0.1) is 0 Å². The minimum atomic E-state index is 0.716. The number of alkyl halides is 1. The summed E-state index contributed by atoms with van der Waals surface area (Å²) in [5, 5.41) is 3.19. The summed E-state index contributed by atoms with van der Waals surface area (Å²) in [6.45, 7) is 0.935. The summed E-state index contributed by atoms with van der Waals surface area (Å²) >= 11 is 5.49. The van der Waals surface area contributed by atoms with E-state index >= 15 is 0 Å². The van der Waals surface area contributed by atoms with Gasteiger partial charge in [0.25, 0.3) is 0 Å². The zero-order chi connectivity index (χ0) is 7.23. The van der Waals surface area contributed by atoms with Crippen molar-refractivity contribution < 1.29 is 0 Å². The molecule has 56 valence electrons. The van der Waals surface area contributed by atoms with Gasteiger partial charge < -0.3 is 10.3 Å². The average Bonchev–Trinajstić information content (AvgIpc) is 2.41. The van der Waals surface area contributed by atoms with Crippen LogP contribution in [0.25, 0.3) is 0 Å². The Morgan fingerprint density at radius 2 is 2.50 bits per heavy atom. The lowest BCUT2D eigenvalue weighted by molar-refractivity contribution is 0.979. The Hall–Kier alpha value is -0.630. The van der Waals surface area contributed by atoms with Crippen LogP contribution in [-0.2, 0) is 0 Å². The average molecular weight is 159 g/mol. The van der Waals surface area contributed by atoms with Gasteiger partial charge in [-0.15, -0.1) is 11.6 Å². The summed E-state index contributed by atoms with van der Waals surface area (Å²) in [4.78, 5) is 3.04. The minimum Gasteiger partial charge on any atom is -0.372 e. The van der Waals surface area contributed by atoms with Crippen molar-refractivity contribution in [1.29, 1.82) is 0 Å². The van der Waals surface area contributed by atoms with Gasteiger partial charge in [0.2, 0.25) is 0 Å². The van der Waals surface area contributed by atoms with Crippen LogP contribution in [0.1, 0.15) is 6.42 Å². The molecule has 0 saturated carbocycles. The van der Waals surface area contributed by atoms with Crippen molar-refractivity contribution in [2.75, 3.05) is 17.7 Å². The molecule has 0 aliphatic carbocycles.